The summed E-state index contributed by atoms with van der Waals surface area (Å²) in [5, 5.41) is 4.50. The van der Waals surface area contributed by atoms with Gasteiger partial charge in [-0.3, -0.25) is 9.36 Å². The van der Waals surface area contributed by atoms with Crippen LogP contribution in [0, 0.1) is 0 Å². The van der Waals surface area contributed by atoms with E-state index in [9.17, 15) is 9.59 Å². The lowest BCUT2D eigenvalue weighted by Gasteiger charge is -2.31. The first-order valence-corrected chi connectivity index (χ1v) is 10.9. The zero-order chi connectivity index (χ0) is 22.8. The van der Waals surface area contributed by atoms with Gasteiger partial charge in [-0.05, 0) is 49.5 Å². The highest BCUT2D eigenvalue weighted by Crippen LogP contribution is 2.39. The lowest BCUT2D eigenvalue weighted by atomic mass is 9.95. The highest BCUT2D eigenvalue weighted by Gasteiger charge is 2.34. The van der Waals surface area contributed by atoms with Crippen molar-refractivity contribution in [2.24, 2.45) is 7.05 Å². The maximum Gasteiger partial charge on any atom is 0.345 e. The normalized spacial score (nSPS) is 17.1. The van der Waals surface area contributed by atoms with E-state index in [-0.39, 0.29) is 17.5 Å². The molecule has 9 heteroatoms. The Hall–Kier alpha value is -3.23. The largest absolute Gasteiger partial charge is 0.493 e. The Balaban J connectivity index is 1.42. The van der Waals surface area contributed by atoms with Gasteiger partial charge in [-0.15, -0.1) is 0 Å². The van der Waals surface area contributed by atoms with Crippen LogP contribution >= 0.6 is 0 Å². The lowest BCUT2D eigenvalue weighted by molar-refractivity contribution is -0.127. The number of amides is 1. The second-order valence-electron chi connectivity index (χ2n) is 8.26. The molecule has 9 nitrogen and oxygen atoms in total. The number of hydrogen-bond acceptors (Lipinski definition) is 6. The van der Waals surface area contributed by atoms with Crippen molar-refractivity contribution in [1.29, 1.82) is 0 Å². The standard InChI is InChI=1S/C23H30N4O5/c1-25-23(29)27(17-6-7-17)22(24-25)16-9-11-26(12-10-16)20(28)8-5-15-13-18(30-2)21(32-4)19(14-15)31-3/h5,8,13-14,16-17H,6-7,9-12H2,1-4H3. The Bertz CT molecular complexity index is 1050. The van der Waals surface area contributed by atoms with E-state index in [1.54, 1.807) is 52.7 Å². The van der Waals surface area contributed by atoms with Crippen LogP contribution in [0.5, 0.6) is 17.2 Å². The molecule has 0 bridgehead atoms. The van der Waals surface area contributed by atoms with E-state index in [2.05, 4.69) is 5.10 Å². The van der Waals surface area contributed by atoms with Crippen molar-refractivity contribution in [3.63, 3.8) is 0 Å². The maximum absolute atomic E-state index is 12.8. The summed E-state index contributed by atoms with van der Waals surface area (Å²) >= 11 is 0. The predicted molar refractivity (Wildman–Crippen MR) is 119 cm³/mol. The van der Waals surface area contributed by atoms with Gasteiger partial charge >= 0.3 is 5.69 Å². The van der Waals surface area contributed by atoms with E-state index in [1.807, 2.05) is 9.47 Å². The van der Waals surface area contributed by atoms with Crippen LogP contribution in [0.2, 0.25) is 0 Å². The van der Waals surface area contributed by atoms with Gasteiger partial charge in [0.25, 0.3) is 0 Å². The minimum Gasteiger partial charge on any atom is -0.493 e. The summed E-state index contributed by atoms with van der Waals surface area (Å²) in [7, 11) is 6.38. The Morgan fingerprint density at radius 3 is 2.19 bits per heavy atom. The van der Waals surface area contributed by atoms with Crippen LogP contribution in [0.4, 0.5) is 0 Å². The first kappa shape index (κ1) is 22.0. The number of hydrogen-bond donors (Lipinski definition) is 0. The number of nitrogens with zero attached hydrogens (tertiary/aromatic N) is 4. The Kier molecular flexibility index (Phi) is 6.25. The molecule has 172 valence electrons. The fraction of sp³-hybridized carbons (Fsp3) is 0.522. The van der Waals surface area contributed by atoms with Crippen molar-refractivity contribution in [1.82, 2.24) is 19.2 Å². The number of aryl methyl sites for hydroxylation is 1. The topological polar surface area (TPSA) is 87.8 Å². The second kappa shape index (κ2) is 9.10. The molecule has 1 aromatic heterocycles. The van der Waals surface area contributed by atoms with Gasteiger partial charge in [-0.2, -0.15) is 5.10 Å². The number of methoxy groups -OCH3 is 3. The summed E-state index contributed by atoms with van der Waals surface area (Å²) in [5.74, 6) is 2.62. The molecule has 2 aromatic rings. The van der Waals surface area contributed by atoms with Crippen molar-refractivity contribution in [2.45, 2.75) is 37.6 Å². The monoisotopic (exact) mass is 442 g/mol. The average molecular weight is 443 g/mol. The molecular formula is C23H30N4O5. The van der Waals surface area contributed by atoms with Gasteiger partial charge in [0.1, 0.15) is 5.82 Å². The second-order valence-corrected chi connectivity index (χ2v) is 8.26. The molecule has 0 spiro atoms. The molecule has 1 aliphatic heterocycles. The van der Waals surface area contributed by atoms with Gasteiger partial charge in [-0.25, -0.2) is 9.48 Å². The highest BCUT2D eigenvalue weighted by molar-refractivity contribution is 5.92. The molecule has 0 atom stereocenters. The summed E-state index contributed by atoms with van der Waals surface area (Å²) in [6.45, 7) is 1.27. The first-order chi connectivity index (χ1) is 15.5. The zero-order valence-corrected chi connectivity index (χ0v) is 19.0. The van der Waals surface area contributed by atoms with Gasteiger partial charge in [0, 0.05) is 38.2 Å². The molecule has 32 heavy (non-hydrogen) atoms. The van der Waals surface area contributed by atoms with Crippen LogP contribution in [-0.4, -0.2) is 59.6 Å². The van der Waals surface area contributed by atoms with E-state index < -0.39 is 0 Å². The van der Waals surface area contributed by atoms with Crippen LogP contribution < -0.4 is 19.9 Å². The van der Waals surface area contributed by atoms with E-state index in [4.69, 9.17) is 14.2 Å². The molecule has 0 radical (unpaired) electrons. The predicted octanol–water partition coefficient (Wildman–Crippen LogP) is 2.36. The smallest absolute Gasteiger partial charge is 0.345 e. The van der Waals surface area contributed by atoms with Gasteiger partial charge in [0.05, 0.1) is 21.3 Å². The first-order valence-electron chi connectivity index (χ1n) is 10.9. The fourth-order valence-corrected chi connectivity index (χ4v) is 4.28. The van der Waals surface area contributed by atoms with E-state index in [1.165, 1.54) is 4.68 Å². The third-order valence-electron chi connectivity index (χ3n) is 6.17. The SMILES string of the molecule is COc1cc(C=CC(=O)N2CCC(c3nn(C)c(=O)n3C3CC3)CC2)cc(OC)c1OC. The summed E-state index contributed by atoms with van der Waals surface area (Å²) in [5.41, 5.74) is 0.749. The lowest BCUT2D eigenvalue weighted by Crippen LogP contribution is -2.37. The van der Waals surface area contributed by atoms with E-state index in [0.29, 0.717) is 36.4 Å². The molecule has 2 aliphatic rings. The molecule has 4 rings (SSSR count). The fourth-order valence-electron chi connectivity index (χ4n) is 4.28. The molecule has 2 heterocycles. The number of aromatic nitrogens is 3. The molecule has 2 fully saturated rings. The van der Waals surface area contributed by atoms with Crippen LogP contribution in [0.15, 0.2) is 23.0 Å². The molecule has 1 amide bonds. The van der Waals surface area contributed by atoms with Crippen LogP contribution in [0.3, 0.4) is 0 Å². The van der Waals surface area contributed by atoms with Gasteiger partial charge in [0.15, 0.2) is 11.5 Å². The Labute approximate surface area is 187 Å². The quantitative estimate of drug-likeness (QED) is 0.612. The van der Waals surface area contributed by atoms with Crippen LogP contribution in [-0.2, 0) is 11.8 Å². The Morgan fingerprint density at radius 2 is 1.66 bits per heavy atom. The average Bonchev–Trinajstić information content (AvgIpc) is 3.61. The molecular weight excluding hydrogens is 412 g/mol. The Morgan fingerprint density at radius 1 is 1.03 bits per heavy atom. The maximum atomic E-state index is 12.8. The zero-order valence-electron chi connectivity index (χ0n) is 19.0. The van der Waals surface area contributed by atoms with Crippen molar-refractivity contribution in [2.75, 3.05) is 34.4 Å². The number of piperidine rings is 1. The highest BCUT2D eigenvalue weighted by atomic mass is 16.5. The molecule has 1 saturated heterocycles. The minimum atomic E-state index is -0.0437. The van der Waals surface area contributed by atoms with Gasteiger partial charge < -0.3 is 19.1 Å². The molecule has 1 aliphatic carbocycles. The summed E-state index contributed by atoms with van der Waals surface area (Å²) in [6, 6.07) is 3.90. The van der Waals surface area contributed by atoms with Crippen molar-refractivity contribution < 1.29 is 19.0 Å². The number of ether oxygens (including phenoxy) is 3. The van der Waals surface area contributed by atoms with E-state index in [0.717, 1.165) is 37.1 Å². The van der Waals surface area contributed by atoms with Gasteiger partial charge in [-0.1, -0.05) is 0 Å². The van der Waals surface area contributed by atoms with Crippen molar-refractivity contribution in [3.8, 4) is 17.2 Å². The van der Waals surface area contributed by atoms with Crippen molar-refractivity contribution in [3.05, 3.63) is 40.1 Å². The third-order valence-corrected chi connectivity index (χ3v) is 6.17. The molecule has 0 unspecified atom stereocenters. The number of likely N-dealkylation sites (tertiary alicyclic amines) is 1. The molecule has 1 saturated carbocycles. The van der Waals surface area contributed by atoms with Crippen LogP contribution in [0.1, 0.15) is 49.0 Å². The number of carbonyl (C=O) groups excluding carboxylic acids is 1. The number of rotatable bonds is 7. The summed E-state index contributed by atoms with van der Waals surface area (Å²) < 4.78 is 19.4. The minimum absolute atomic E-state index is 0.0331. The van der Waals surface area contributed by atoms with Crippen molar-refractivity contribution >= 4 is 12.0 Å². The van der Waals surface area contributed by atoms with Crippen LogP contribution in [0.25, 0.3) is 6.08 Å². The summed E-state index contributed by atoms with van der Waals surface area (Å²) in [4.78, 5) is 27.0. The van der Waals surface area contributed by atoms with E-state index >= 15 is 0 Å². The molecule has 1 aromatic carbocycles. The third kappa shape index (κ3) is 4.24. The number of carbonyl (C=O) groups is 1. The molecule has 0 N–H and O–H groups in total. The summed E-state index contributed by atoms with van der Waals surface area (Å²) in [6.07, 6.45) is 7.01. The van der Waals surface area contributed by atoms with Gasteiger partial charge in [0.2, 0.25) is 11.7 Å². The number of benzene rings is 1.